The van der Waals surface area contributed by atoms with Gasteiger partial charge in [0.25, 0.3) is 0 Å². The standard InChI is InChI=1S/C20H19N3O.C2H6O.ClH/c1-4-8-19-15(5-1)13-16-14-21-18-7-3-2-6-17(18)20(23(16)19)22-9-11-24-12-10-22;1-2-3;/h1-8,13H,9-12,14H2;3H,2H2,1H3;1H. The van der Waals surface area contributed by atoms with Gasteiger partial charge in [0.1, 0.15) is 5.82 Å². The fourth-order valence-corrected chi connectivity index (χ4v) is 3.75. The summed E-state index contributed by atoms with van der Waals surface area (Å²) in [5.74, 6) is 1.24. The Labute approximate surface area is 171 Å². The number of aliphatic hydroxyl groups is 1. The van der Waals surface area contributed by atoms with E-state index in [4.69, 9.17) is 14.8 Å². The third-order valence-corrected chi connectivity index (χ3v) is 4.87. The van der Waals surface area contributed by atoms with Gasteiger partial charge in [0.2, 0.25) is 0 Å². The predicted molar refractivity (Wildman–Crippen MR) is 114 cm³/mol. The number of hydrogen-bond acceptors (Lipinski definition) is 4. The molecule has 5 rings (SSSR count). The lowest BCUT2D eigenvalue weighted by atomic mass is 10.2. The van der Waals surface area contributed by atoms with Crippen molar-refractivity contribution in [3.8, 4) is 0 Å². The first-order valence-electron chi connectivity index (χ1n) is 9.50. The van der Waals surface area contributed by atoms with E-state index in [0.29, 0.717) is 6.54 Å². The van der Waals surface area contributed by atoms with Crippen LogP contribution in [0.15, 0.2) is 59.6 Å². The summed E-state index contributed by atoms with van der Waals surface area (Å²) in [4.78, 5) is 7.31. The van der Waals surface area contributed by atoms with Crippen molar-refractivity contribution in [3.63, 3.8) is 0 Å². The van der Waals surface area contributed by atoms with Crippen LogP contribution in [0.4, 0.5) is 0 Å². The summed E-state index contributed by atoms with van der Waals surface area (Å²) in [7, 11) is 0. The molecular formula is C22H26ClN3O2. The minimum absolute atomic E-state index is 0. The lowest BCUT2D eigenvalue weighted by molar-refractivity contribution is 0.0614. The average molecular weight is 400 g/mol. The van der Waals surface area contributed by atoms with Crippen molar-refractivity contribution in [1.82, 2.24) is 9.47 Å². The van der Waals surface area contributed by atoms with Crippen LogP contribution in [0.1, 0.15) is 12.6 Å². The van der Waals surface area contributed by atoms with Crippen LogP contribution in [0.2, 0.25) is 0 Å². The Balaban J connectivity index is 0.000000531. The van der Waals surface area contributed by atoms with Crippen molar-refractivity contribution in [2.45, 2.75) is 13.5 Å². The maximum absolute atomic E-state index is 7.57. The van der Waals surface area contributed by atoms with Crippen LogP contribution in [-0.4, -0.2) is 47.5 Å². The van der Waals surface area contributed by atoms with Gasteiger partial charge in [0, 0.05) is 36.0 Å². The Morgan fingerprint density at radius 3 is 2.50 bits per heavy atom. The number of ether oxygens (including phenoxy) is 1. The predicted octanol–water partition coefficient (Wildman–Crippen LogP) is 2.14. The molecule has 1 saturated heterocycles. The number of nitrogens with zero attached hydrogens (tertiary/aromatic N) is 3. The second kappa shape index (κ2) is 9.24. The van der Waals surface area contributed by atoms with Crippen LogP contribution in [0.5, 0.6) is 0 Å². The first-order chi connectivity index (χ1) is 13.3. The van der Waals surface area contributed by atoms with Crippen molar-refractivity contribution in [2.75, 3.05) is 32.9 Å². The molecule has 28 heavy (non-hydrogen) atoms. The number of aliphatic hydroxyl groups excluding tert-OH is 1. The summed E-state index contributed by atoms with van der Waals surface area (Å²) in [6.45, 7) is 6.01. The third kappa shape index (κ3) is 3.78. The molecule has 6 heteroatoms. The van der Waals surface area contributed by atoms with Gasteiger partial charge in [0.05, 0.1) is 30.6 Å². The largest absolute Gasteiger partial charge is 0.397 e. The maximum Gasteiger partial charge on any atom is 0.123 e. The number of rotatable bonds is 1. The van der Waals surface area contributed by atoms with Crippen molar-refractivity contribution in [3.05, 3.63) is 70.9 Å². The van der Waals surface area contributed by atoms with Gasteiger partial charge in [-0.05, 0) is 31.2 Å². The molecule has 2 aliphatic heterocycles. The maximum atomic E-state index is 7.57. The van der Waals surface area contributed by atoms with Crippen molar-refractivity contribution >= 4 is 29.1 Å². The van der Waals surface area contributed by atoms with Crippen molar-refractivity contribution < 1.29 is 9.84 Å². The number of halogens is 1. The highest BCUT2D eigenvalue weighted by atomic mass is 35.5. The number of fused-ring (bicyclic) bond motifs is 4. The first-order valence-corrected chi connectivity index (χ1v) is 9.50. The fourth-order valence-electron chi connectivity index (χ4n) is 3.75. The zero-order valence-corrected chi connectivity index (χ0v) is 16.9. The normalized spacial score (nSPS) is 15.4. The van der Waals surface area contributed by atoms with Gasteiger partial charge in [-0.2, -0.15) is 0 Å². The summed E-state index contributed by atoms with van der Waals surface area (Å²) < 4.78 is 7.98. The summed E-state index contributed by atoms with van der Waals surface area (Å²) in [6.07, 6.45) is 0. The Kier molecular flexibility index (Phi) is 6.73. The molecule has 3 aromatic rings. The van der Waals surface area contributed by atoms with Crippen LogP contribution in [0.25, 0.3) is 16.7 Å². The van der Waals surface area contributed by atoms with Crippen LogP contribution >= 0.6 is 12.4 Å². The molecule has 0 amide bonds. The zero-order valence-electron chi connectivity index (χ0n) is 16.0. The van der Waals surface area contributed by atoms with Gasteiger partial charge in [-0.1, -0.05) is 30.3 Å². The molecule has 2 aromatic carbocycles. The number of aromatic nitrogens is 1. The molecule has 0 spiro atoms. The quantitative estimate of drug-likeness (QED) is 0.682. The second-order valence-electron chi connectivity index (χ2n) is 6.60. The lowest BCUT2D eigenvalue weighted by Gasteiger charge is -2.32. The molecular weight excluding hydrogens is 374 g/mol. The van der Waals surface area contributed by atoms with E-state index in [9.17, 15) is 0 Å². The Bertz CT molecular complexity index is 1060. The number of para-hydroxylation sites is 2. The van der Waals surface area contributed by atoms with Crippen LogP contribution < -0.4 is 10.6 Å². The molecule has 1 aromatic heterocycles. The van der Waals surface area contributed by atoms with E-state index >= 15 is 0 Å². The molecule has 0 unspecified atom stereocenters. The number of morpholine rings is 1. The molecule has 0 saturated carbocycles. The van der Waals surface area contributed by atoms with Gasteiger partial charge in [-0.25, -0.2) is 0 Å². The van der Waals surface area contributed by atoms with E-state index in [0.717, 1.165) is 31.7 Å². The third-order valence-electron chi connectivity index (χ3n) is 4.87. The van der Waals surface area contributed by atoms with E-state index in [1.807, 2.05) is 0 Å². The highest BCUT2D eigenvalue weighted by molar-refractivity contribution is 5.85. The second-order valence-corrected chi connectivity index (χ2v) is 6.60. The topological polar surface area (TPSA) is 50.0 Å². The average Bonchev–Trinajstić information content (AvgIpc) is 2.99. The van der Waals surface area contributed by atoms with Crippen molar-refractivity contribution in [2.24, 2.45) is 4.99 Å². The minimum atomic E-state index is 0. The molecule has 0 atom stereocenters. The highest BCUT2D eigenvalue weighted by Gasteiger charge is 2.22. The molecule has 1 N–H and O–H groups in total. The Morgan fingerprint density at radius 2 is 1.71 bits per heavy atom. The minimum Gasteiger partial charge on any atom is -0.397 e. The summed E-state index contributed by atoms with van der Waals surface area (Å²) in [5.41, 5.74) is 2.50. The monoisotopic (exact) mass is 399 g/mol. The van der Waals surface area contributed by atoms with E-state index in [1.165, 1.54) is 27.6 Å². The zero-order chi connectivity index (χ0) is 18.6. The SMILES string of the molecule is CCO.Cl.c1ccc2c(c1)=NCc1cc3ccccc3n1C=2N1CCOCC1. The molecule has 0 aliphatic carbocycles. The van der Waals surface area contributed by atoms with E-state index < -0.39 is 0 Å². The molecule has 0 radical (unpaired) electrons. The van der Waals surface area contributed by atoms with Crippen LogP contribution in [-0.2, 0) is 11.3 Å². The summed E-state index contributed by atoms with van der Waals surface area (Å²) in [5, 5.41) is 11.1. The van der Waals surface area contributed by atoms with Gasteiger partial charge >= 0.3 is 0 Å². The lowest BCUT2D eigenvalue weighted by Crippen LogP contribution is -2.42. The molecule has 1 fully saturated rings. The van der Waals surface area contributed by atoms with Gasteiger partial charge in [-0.15, -0.1) is 12.4 Å². The molecule has 2 aliphatic rings. The van der Waals surface area contributed by atoms with Gasteiger partial charge in [0.15, 0.2) is 0 Å². The smallest absolute Gasteiger partial charge is 0.123 e. The Hall–Kier alpha value is -2.34. The summed E-state index contributed by atoms with van der Waals surface area (Å²) in [6, 6.07) is 19.3. The molecule has 148 valence electrons. The van der Waals surface area contributed by atoms with E-state index in [-0.39, 0.29) is 19.0 Å². The van der Waals surface area contributed by atoms with Crippen molar-refractivity contribution in [1.29, 1.82) is 0 Å². The number of benzene rings is 2. The van der Waals surface area contributed by atoms with Crippen LogP contribution in [0, 0.1) is 0 Å². The van der Waals surface area contributed by atoms with Crippen LogP contribution in [0.3, 0.4) is 0 Å². The number of hydrogen-bond donors (Lipinski definition) is 1. The summed E-state index contributed by atoms with van der Waals surface area (Å²) >= 11 is 0. The first kappa shape index (κ1) is 20.4. The van der Waals surface area contributed by atoms with Gasteiger partial charge in [-0.3, -0.25) is 9.56 Å². The Morgan fingerprint density at radius 1 is 1.04 bits per heavy atom. The molecule has 5 nitrogen and oxygen atoms in total. The highest BCUT2D eigenvalue weighted by Crippen LogP contribution is 2.26. The van der Waals surface area contributed by atoms with E-state index in [2.05, 4.69) is 64.1 Å². The van der Waals surface area contributed by atoms with Gasteiger partial charge < -0.3 is 14.7 Å². The fraction of sp³-hybridized carbons (Fsp3) is 0.318. The molecule has 0 bridgehead atoms. The van der Waals surface area contributed by atoms with E-state index in [1.54, 1.807) is 6.92 Å². The molecule has 3 heterocycles.